The molecule has 18 heavy (non-hydrogen) atoms. The highest BCUT2D eigenvalue weighted by atomic mass is 35.5. The second-order valence-corrected chi connectivity index (χ2v) is 4.28. The van der Waals surface area contributed by atoms with Gasteiger partial charge in [0.2, 0.25) is 0 Å². The van der Waals surface area contributed by atoms with E-state index in [4.69, 9.17) is 16.9 Å². The first-order chi connectivity index (χ1) is 8.36. The van der Waals surface area contributed by atoms with Gasteiger partial charge < -0.3 is 5.32 Å². The van der Waals surface area contributed by atoms with Crippen LogP contribution in [-0.2, 0) is 0 Å². The largest absolute Gasteiger partial charge is 0.405 e. The van der Waals surface area contributed by atoms with Gasteiger partial charge in [0.1, 0.15) is 0 Å². The lowest BCUT2D eigenvalue weighted by Gasteiger charge is -2.19. The number of halogens is 4. The predicted octanol–water partition coefficient (Wildman–Crippen LogP) is 3.69. The van der Waals surface area contributed by atoms with Crippen molar-refractivity contribution < 1.29 is 13.2 Å². The zero-order valence-corrected chi connectivity index (χ0v) is 10.4. The molecule has 0 amide bonds. The number of rotatable bonds is 4. The highest BCUT2D eigenvalue weighted by Gasteiger charge is 2.39. The fourth-order valence-corrected chi connectivity index (χ4v) is 1.76. The van der Waals surface area contributed by atoms with Gasteiger partial charge in [-0.05, 0) is 18.6 Å². The molecule has 1 aromatic rings. The van der Waals surface area contributed by atoms with Crippen LogP contribution < -0.4 is 5.32 Å². The number of alkyl halides is 3. The SMILES string of the molecule is C[C@H](NCC(C#N)C(F)(F)F)c1ccccc1Cl. The van der Waals surface area contributed by atoms with E-state index in [0.717, 1.165) is 0 Å². The van der Waals surface area contributed by atoms with Crippen LogP contribution in [0.2, 0.25) is 5.02 Å². The van der Waals surface area contributed by atoms with Gasteiger partial charge in [-0.3, -0.25) is 0 Å². The Balaban J connectivity index is 2.65. The Kier molecular flexibility index (Phi) is 5.00. The quantitative estimate of drug-likeness (QED) is 0.910. The van der Waals surface area contributed by atoms with E-state index in [1.807, 2.05) is 0 Å². The van der Waals surface area contributed by atoms with Gasteiger partial charge in [-0.2, -0.15) is 18.4 Å². The standard InChI is InChI=1S/C12H12ClF3N2/c1-8(10-4-2-3-5-11(10)13)18-7-9(6-17)12(14,15)16/h2-5,8-9,18H,7H2,1H3/t8-,9?/m0/s1. The van der Waals surface area contributed by atoms with Gasteiger partial charge in [-0.1, -0.05) is 29.8 Å². The van der Waals surface area contributed by atoms with Gasteiger partial charge in [-0.15, -0.1) is 0 Å². The number of hydrogen-bond acceptors (Lipinski definition) is 2. The average molecular weight is 277 g/mol. The minimum atomic E-state index is -4.51. The zero-order chi connectivity index (χ0) is 13.8. The highest BCUT2D eigenvalue weighted by molar-refractivity contribution is 6.31. The summed E-state index contributed by atoms with van der Waals surface area (Å²) in [5.41, 5.74) is 0.707. The molecule has 1 unspecified atom stereocenters. The van der Waals surface area contributed by atoms with Crippen molar-refractivity contribution in [3.63, 3.8) is 0 Å². The Morgan fingerprint density at radius 2 is 2.00 bits per heavy atom. The summed E-state index contributed by atoms with van der Waals surface area (Å²) >= 11 is 5.93. The molecule has 98 valence electrons. The second-order valence-electron chi connectivity index (χ2n) is 3.87. The lowest BCUT2D eigenvalue weighted by atomic mass is 10.1. The van der Waals surface area contributed by atoms with Crippen LogP contribution >= 0.6 is 11.6 Å². The van der Waals surface area contributed by atoms with E-state index >= 15 is 0 Å². The maximum atomic E-state index is 12.4. The molecule has 2 atom stereocenters. The average Bonchev–Trinajstić information content (AvgIpc) is 2.28. The van der Waals surface area contributed by atoms with Crippen LogP contribution in [0.25, 0.3) is 0 Å². The van der Waals surface area contributed by atoms with Gasteiger partial charge in [0.05, 0.1) is 6.07 Å². The minimum absolute atomic E-state index is 0.350. The molecule has 0 spiro atoms. The first-order valence-corrected chi connectivity index (χ1v) is 5.68. The maximum absolute atomic E-state index is 12.4. The van der Waals surface area contributed by atoms with E-state index in [1.54, 1.807) is 31.2 Å². The van der Waals surface area contributed by atoms with Crippen LogP contribution in [0.4, 0.5) is 13.2 Å². The molecular formula is C12H12ClF3N2. The smallest absolute Gasteiger partial charge is 0.308 e. The Morgan fingerprint density at radius 1 is 1.39 bits per heavy atom. The first-order valence-electron chi connectivity index (χ1n) is 5.30. The molecule has 2 nitrogen and oxygen atoms in total. The molecule has 1 N–H and O–H groups in total. The summed E-state index contributed by atoms with van der Waals surface area (Å²) in [5, 5.41) is 11.6. The van der Waals surface area contributed by atoms with Crippen LogP contribution in [0.5, 0.6) is 0 Å². The summed E-state index contributed by atoms with van der Waals surface area (Å²) in [5.74, 6) is -2.01. The third-order valence-corrected chi connectivity index (χ3v) is 2.90. The Bertz CT molecular complexity index is 440. The highest BCUT2D eigenvalue weighted by Crippen LogP contribution is 2.27. The van der Waals surface area contributed by atoms with E-state index in [-0.39, 0.29) is 6.04 Å². The molecule has 0 heterocycles. The summed E-state index contributed by atoms with van der Waals surface area (Å²) in [6, 6.07) is 7.79. The summed E-state index contributed by atoms with van der Waals surface area (Å²) in [6.45, 7) is 1.25. The minimum Gasteiger partial charge on any atom is -0.308 e. The van der Waals surface area contributed by atoms with Crippen molar-refractivity contribution in [3.8, 4) is 6.07 Å². The Morgan fingerprint density at radius 3 is 2.50 bits per heavy atom. The van der Waals surface area contributed by atoms with Crippen LogP contribution in [-0.4, -0.2) is 12.7 Å². The number of nitrogens with one attached hydrogen (secondary N) is 1. The lowest BCUT2D eigenvalue weighted by Crippen LogP contribution is -2.33. The first kappa shape index (κ1) is 14.8. The maximum Gasteiger partial charge on any atom is 0.405 e. The molecule has 0 saturated carbocycles. The van der Waals surface area contributed by atoms with Crippen molar-refractivity contribution in [1.82, 2.24) is 5.32 Å². The van der Waals surface area contributed by atoms with Crippen molar-refractivity contribution >= 4 is 11.6 Å². The summed E-state index contributed by atoms with van der Waals surface area (Å²) < 4.78 is 37.1. The predicted molar refractivity (Wildman–Crippen MR) is 63.0 cm³/mol. The molecule has 1 aromatic carbocycles. The van der Waals surface area contributed by atoms with Gasteiger partial charge in [0.25, 0.3) is 0 Å². The molecule has 0 fully saturated rings. The number of hydrogen-bond donors (Lipinski definition) is 1. The fourth-order valence-electron chi connectivity index (χ4n) is 1.47. The number of nitriles is 1. The third kappa shape index (κ3) is 3.90. The molecular weight excluding hydrogens is 265 g/mol. The van der Waals surface area contributed by atoms with Crippen LogP contribution in [0.1, 0.15) is 18.5 Å². The number of nitrogens with zero attached hydrogens (tertiary/aromatic N) is 1. The van der Waals surface area contributed by atoms with E-state index in [1.165, 1.54) is 6.07 Å². The van der Waals surface area contributed by atoms with E-state index in [2.05, 4.69) is 5.32 Å². The normalized spacial score (nSPS) is 14.9. The number of benzene rings is 1. The van der Waals surface area contributed by atoms with E-state index in [9.17, 15) is 13.2 Å². The van der Waals surface area contributed by atoms with Crippen molar-refractivity contribution in [3.05, 3.63) is 34.9 Å². The van der Waals surface area contributed by atoms with E-state index in [0.29, 0.717) is 10.6 Å². The Hall–Kier alpha value is -1.25. The van der Waals surface area contributed by atoms with Crippen LogP contribution in [0.3, 0.4) is 0 Å². The van der Waals surface area contributed by atoms with Crippen molar-refractivity contribution in [2.24, 2.45) is 5.92 Å². The van der Waals surface area contributed by atoms with Crippen molar-refractivity contribution in [2.75, 3.05) is 6.54 Å². The van der Waals surface area contributed by atoms with Crippen LogP contribution in [0.15, 0.2) is 24.3 Å². The fraction of sp³-hybridized carbons (Fsp3) is 0.417. The molecule has 6 heteroatoms. The van der Waals surface area contributed by atoms with E-state index < -0.39 is 18.6 Å². The monoisotopic (exact) mass is 276 g/mol. The van der Waals surface area contributed by atoms with Crippen LogP contribution in [0, 0.1) is 17.2 Å². The molecule has 0 aliphatic carbocycles. The third-order valence-electron chi connectivity index (χ3n) is 2.55. The van der Waals surface area contributed by atoms with Gasteiger partial charge >= 0.3 is 6.18 Å². The summed E-state index contributed by atoms with van der Waals surface area (Å²) in [7, 11) is 0. The van der Waals surface area contributed by atoms with Gasteiger partial charge in [-0.25, -0.2) is 0 Å². The Labute approximate surface area is 108 Å². The van der Waals surface area contributed by atoms with Crippen molar-refractivity contribution in [1.29, 1.82) is 5.26 Å². The topological polar surface area (TPSA) is 35.8 Å². The molecule has 0 radical (unpaired) electrons. The van der Waals surface area contributed by atoms with Crippen molar-refractivity contribution in [2.45, 2.75) is 19.1 Å². The lowest BCUT2D eigenvalue weighted by molar-refractivity contribution is -0.157. The zero-order valence-electron chi connectivity index (χ0n) is 9.63. The van der Waals surface area contributed by atoms with Gasteiger partial charge in [0.15, 0.2) is 5.92 Å². The molecule has 0 aliphatic heterocycles. The summed E-state index contributed by atoms with van der Waals surface area (Å²) in [6.07, 6.45) is -4.51. The molecule has 0 aliphatic rings. The molecule has 1 rings (SSSR count). The molecule has 0 saturated heterocycles. The summed E-state index contributed by atoms with van der Waals surface area (Å²) in [4.78, 5) is 0. The second kappa shape index (κ2) is 6.07. The van der Waals surface area contributed by atoms with Gasteiger partial charge in [0, 0.05) is 17.6 Å². The molecule has 0 bridgehead atoms. The molecule has 0 aromatic heterocycles.